The monoisotopic (exact) mass is 451 g/mol. The normalized spacial score (nSPS) is 13.3. The number of nitrogens with one attached hydrogen (secondary N) is 2. The summed E-state index contributed by atoms with van der Waals surface area (Å²) in [6.45, 7) is -0.617. The molecular weight excluding hydrogens is 445 g/mol. The summed E-state index contributed by atoms with van der Waals surface area (Å²) in [6, 6.07) is 0. The molecule has 0 bridgehead atoms. The van der Waals surface area contributed by atoms with Crippen molar-refractivity contribution in [1.82, 2.24) is 15.3 Å². The molecule has 0 saturated heterocycles. The number of nitrogens with zero attached hydrogens (tertiary/aromatic N) is 1. The zero-order valence-corrected chi connectivity index (χ0v) is 12.3. The molecule has 1 heterocycles. The number of aromatic amines is 1. The maximum absolute atomic E-state index is 13.0. The predicted octanol–water partition coefficient (Wildman–Crippen LogP) is 2.89. The zero-order valence-electron chi connectivity index (χ0n) is 10.2. The summed E-state index contributed by atoms with van der Waals surface area (Å²) in [5.41, 5.74) is -0.248. The number of H-pyrrole nitrogens is 1. The first-order valence-electron chi connectivity index (χ1n) is 5.31. The highest BCUT2D eigenvalue weighted by atomic mass is 127. The van der Waals surface area contributed by atoms with E-state index in [4.69, 9.17) is 0 Å². The number of amides is 1. The summed E-state index contributed by atoms with van der Waals surface area (Å²) in [7, 11) is 0. The Hall–Kier alpha value is -1.15. The van der Waals surface area contributed by atoms with Crippen molar-refractivity contribution in [2.45, 2.75) is 24.7 Å². The quantitative estimate of drug-likeness (QED) is 0.547. The number of imidazole rings is 1. The van der Waals surface area contributed by atoms with Crippen LogP contribution in [0.5, 0.6) is 0 Å². The van der Waals surface area contributed by atoms with E-state index in [-0.39, 0.29) is 9.39 Å². The van der Waals surface area contributed by atoms with Crippen LogP contribution in [-0.2, 0) is 17.1 Å². The molecule has 0 fully saturated rings. The van der Waals surface area contributed by atoms with Crippen molar-refractivity contribution in [2.75, 3.05) is 6.54 Å². The molecule has 0 aliphatic rings. The predicted molar refractivity (Wildman–Crippen MR) is 64.0 cm³/mol. The smallest absolute Gasteiger partial charge is 0.348 e. The van der Waals surface area contributed by atoms with Gasteiger partial charge in [0.25, 0.3) is 0 Å². The molecule has 1 aromatic heterocycles. The number of halogens is 9. The molecule has 0 saturated carbocycles. The zero-order chi connectivity index (χ0) is 17.3. The third kappa shape index (κ3) is 4.19. The van der Waals surface area contributed by atoms with E-state index in [2.05, 4.69) is 4.98 Å². The van der Waals surface area contributed by atoms with E-state index in [9.17, 15) is 39.9 Å². The summed E-state index contributed by atoms with van der Waals surface area (Å²) >= 11 is 1.34. The van der Waals surface area contributed by atoms with E-state index >= 15 is 0 Å². The molecule has 0 aromatic carbocycles. The standard InChI is InChI=1S/C9H6F8IN3O/c10-7(11,9(15,16)17)5-20-3(4(18)21-5)1-2-19-6(22)8(12,13)14/h1-2H2,(H,19,22)(H,20,21). The van der Waals surface area contributed by atoms with Gasteiger partial charge in [0.15, 0.2) is 5.82 Å². The highest BCUT2D eigenvalue weighted by Gasteiger charge is 2.61. The van der Waals surface area contributed by atoms with Crippen molar-refractivity contribution < 1.29 is 39.9 Å². The second-order valence-electron chi connectivity index (χ2n) is 3.93. The minimum atomic E-state index is -5.87. The number of hydrogen-bond acceptors (Lipinski definition) is 2. The maximum Gasteiger partial charge on any atom is 0.471 e. The van der Waals surface area contributed by atoms with Crippen molar-refractivity contribution in [1.29, 1.82) is 0 Å². The Morgan fingerprint density at radius 1 is 1.14 bits per heavy atom. The van der Waals surface area contributed by atoms with E-state index in [1.165, 1.54) is 27.9 Å². The number of carbonyl (C=O) groups is 1. The lowest BCUT2D eigenvalue weighted by atomic mass is 10.3. The molecule has 0 unspecified atom stereocenters. The minimum absolute atomic E-state index is 0.248. The topological polar surface area (TPSA) is 57.8 Å². The minimum Gasteiger partial charge on any atom is -0.348 e. The Labute approximate surface area is 130 Å². The van der Waals surface area contributed by atoms with Crippen LogP contribution in [0.3, 0.4) is 0 Å². The van der Waals surface area contributed by atoms with Crippen LogP contribution >= 0.6 is 22.6 Å². The average molecular weight is 451 g/mol. The van der Waals surface area contributed by atoms with Gasteiger partial charge in [-0.2, -0.15) is 35.1 Å². The van der Waals surface area contributed by atoms with Crippen LogP contribution < -0.4 is 5.32 Å². The SMILES string of the molecule is O=C(NCCc1[nH]c(C(F)(F)C(F)(F)F)nc1I)C(F)(F)F. The first-order valence-corrected chi connectivity index (χ1v) is 6.39. The van der Waals surface area contributed by atoms with Gasteiger partial charge in [0.1, 0.15) is 3.70 Å². The van der Waals surface area contributed by atoms with Gasteiger partial charge in [-0.05, 0) is 22.6 Å². The molecule has 0 spiro atoms. The molecule has 0 aliphatic carbocycles. The second kappa shape index (κ2) is 6.16. The van der Waals surface area contributed by atoms with Gasteiger partial charge >= 0.3 is 24.2 Å². The number of hydrogen-bond donors (Lipinski definition) is 2. The molecule has 22 heavy (non-hydrogen) atoms. The highest BCUT2D eigenvalue weighted by molar-refractivity contribution is 14.1. The summed E-state index contributed by atoms with van der Waals surface area (Å²) < 4.78 is 97.9. The molecule has 126 valence electrons. The summed E-state index contributed by atoms with van der Waals surface area (Å²) in [5.74, 6) is -9.13. The van der Waals surface area contributed by atoms with Crippen LogP contribution in [0, 0.1) is 3.70 Å². The van der Waals surface area contributed by atoms with Gasteiger partial charge in [0.05, 0.1) is 5.69 Å². The second-order valence-corrected chi connectivity index (χ2v) is 4.95. The maximum atomic E-state index is 13.0. The molecule has 4 nitrogen and oxygen atoms in total. The summed E-state index contributed by atoms with van der Waals surface area (Å²) in [6.07, 6.45) is -11.4. The largest absolute Gasteiger partial charge is 0.471 e. The van der Waals surface area contributed by atoms with Gasteiger partial charge in [0.2, 0.25) is 0 Å². The Kier molecular flexibility index (Phi) is 5.29. The number of aromatic nitrogens is 2. The molecular formula is C9H6F8IN3O. The molecule has 0 radical (unpaired) electrons. The molecule has 0 atom stereocenters. The van der Waals surface area contributed by atoms with Crippen LogP contribution in [0.25, 0.3) is 0 Å². The molecule has 2 N–H and O–H groups in total. The third-order valence-electron chi connectivity index (χ3n) is 2.30. The van der Waals surface area contributed by atoms with Gasteiger partial charge in [-0.25, -0.2) is 4.98 Å². The van der Waals surface area contributed by atoms with Crippen molar-refractivity contribution in [3.05, 3.63) is 15.2 Å². The van der Waals surface area contributed by atoms with Crippen LogP contribution in [0.2, 0.25) is 0 Å². The molecule has 1 rings (SSSR count). The van der Waals surface area contributed by atoms with Gasteiger partial charge < -0.3 is 10.3 Å². The van der Waals surface area contributed by atoms with Crippen molar-refractivity contribution in [2.24, 2.45) is 0 Å². The molecule has 0 aliphatic heterocycles. The number of rotatable bonds is 4. The van der Waals surface area contributed by atoms with E-state index in [1.54, 1.807) is 4.98 Å². The van der Waals surface area contributed by atoms with Crippen LogP contribution in [0.15, 0.2) is 0 Å². The third-order valence-corrected chi connectivity index (χ3v) is 3.19. The fourth-order valence-corrected chi connectivity index (χ4v) is 1.88. The average Bonchev–Trinajstić information content (AvgIpc) is 2.68. The Balaban J connectivity index is 2.78. The number of carbonyl (C=O) groups excluding carboxylic acids is 1. The lowest BCUT2D eigenvalue weighted by Gasteiger charge is -2.16. The molecule has 1 amide bonds. The van der Waals surface area contributed by atoms with E-state index in [1.807, 2.05) is 0 Å². The Bertz CT molecular complexity index is 550. The lowest BCUT2D eigenvalue weighted by molar-refractivity contribution is -0.292. The van der Waals surface area contributed by atoms with Crippen molar-refractivity contribution >= 4 is 28.5 Å². The fraction of sp³-hybridized carbons (Fsp3) is 0.556. The summed E-state index contributed by atoms with van der Waals surface area (Å²) in [4.78, 5) is 15.2. The molecule has 13 heteroatoms. The Morgan fingerprint density at radius 2 is 1.68 bits per heavy atom. The van der Waals surface area contributed by atoms with Crippen LogP contribution in [0.1, 0.15) is 11.5 Å². The van der Waals surface area contributed by atoms with E-state index in [0.29, 0.717) is 0 Å². The lowest BCUT2D eigenvalue weighted by Crippen LogP contribution is -2.37. The number of alkyl halides is 8. The van der Waals surface area contributed by atoms with Gasteiger partial charge in [0, 0.05) is 13.0 Å². The summed E-state index contributed by atoms with van der Waals surface area (Å²) in [5, 5.41) is 1.45. The van der Waals surface area contributed by atoms with E-state index < -0.39 is 43.0 Å². The van der Waals surface area contributed by atoms with Crippen molar-refractivity contribution in [3.8, 4) is 0 Å². The van der Waals surface area contributed by atoms with Crippen molar-refractivity contribution in [3.63, 3.8) is 0 Å². The first kappa shape index (κ1) is 18.9. The highest BCUT2D eigenvalue weighted by Crippen LogP contribution is 2.42. The van der Waals surface area contributed by atoms with Gasteiger partial charge in [-0.15, -0.1) is 0 Å². The van der Waals surface area contributed by atoms with Gasteiger partial charge in [-0.1, -0.05) is 0 Å². The van der Waals surface area contributed by atoms with Gasteiger partial charge in [-0.3, -0.25) is 4.79 Å². The first-order chi connectivity index (χ1) is 9.76. The van der Waals surface area contributed by atoms with Crippen LogP contribution in [0.4, 0.5) is 35.1 Å². The molecule has 1 aromatic rings. The van der Waals surface area contributed by atoms with E-state index in [0.717, 1.165) is 0 Å². The van der Waals surface area contributed by atoms with Crippen LogP contribution in [-0.4, -0.2) is 34.8 Å². The fourth-order valence-electron chi connectivity index (χ4n) is 1.24. The Morgan fingerprint density at radius 3 is 2.14 bits per heavy atom.